The normalized spacial score (nSPS) is 12.9. The molecule has 0 radical (unpaired) electrons. The fourth-order valence-electron chi connectivity index (χ4n) is 3.29. The zero-order valence-electron chi connectivity index (χ0n) is 17.2. The summed E-state index contributed by atoms with van der Waals surface area (Å²) in [4.78, 5) is 26.1. The number of fused-ring (bicyclic) bond motifs is 1. The fourth-order valence-corrected chi connectivity index (χ4v) is 4.05. The largest absolute Gasteiger partial charge is 0.497 e. The van der Waals surface area contributed by atoms with Gasteiger partial charge in [-0.05, 0) is 37.1 Å². The molecule has 0 atom stereocenters. The van der Waals surface area contributed by atoms with Crippen LogP contribution >= 0.6 is 11.8 Å². The molecule has 1 aliphatic heterocycles. The zero-order chi connectivity index (χ0) is 21.8. The van der Waals surface area contributed by atoms with Gasteiger partial charge in [-0.2, -0.15) is 0 Å². The zero-order valence-corrected chi connectivity index (χ0v) is 18.0. The summed E-state index contributed by atoms with van der Waals surface area (Å²) in [5, 5.41) is 8.63. The topological polar surface area (TPSA) is 94.8 Å². The number of hydrogen-bond acceptors (Lipinski definition) is 8. The molecule has 2 amide bonds. The van der Waals surface area contributed by atoms with Crippen LogP contribution in [0.2, 0.25) is 0 Å². The minimum Gasteiger partial charge on any atom is -0.497 e. The number of methoxy groups -OCH3 is 2. The summed E-state index contributed by atoms with van der Waals surface area (Å²) in [6.45, 7) is 0.394. The average Bonchev–Trinajstić information content (AvgIpc) is 3.37. The van der Waals surface area contributed by atoms with Crippen molar-refractivity contribution in [1.29, 1.82) is 0 Å². The van der Waals surface area contributed by atoms with Gasteiger partial charge in [0.05, 0.1) is 25.3 Å². The third-order valence-electron chi connectivity index (χ3n) is 4.88. The Kier molecular flexibility index (Phi) is 6.22. The van der Waals surface area contributed by atoms with Crippen molar-refractivity contribution < 1.29 is 23.5 Å². The molecule has 2 heterocycles. The van der Waals surface area contributed by atoms with Gasteiger partial charge in [-0.15, -0.1) is 10.2 Å². The Morgan fingerprint density at radius 3 is 2.19 bits per heavy atom. The summed E-state index contributed by atoms with van der Waals surface area (Å²) in [5.41, 5.74) is 1.67. The standard InChI is InChI=1S/C22H21N3O5S/c1-28-15-11-14(12-16(13-15)29-2)19-23-24-22(30-19)31-10-6-5-9-25-20(26)17-7-3-4-8-18(17)21(25)27/h3-4,7-8,11-13H,5-6,9-10H2,1-2H3. The number of rotatable bonds is 9. The predicted octanol–water partition coefficient (Wildman–Crippen LogP) is 3.92. The van der Waals surface area contributed by atoms with Gasteiger partial charge in [0, 0.05) is 23.9 Å². The molecule has 0 aliphatic carbocycles. The van der Waals surface area contributed by atoms with E-state index in [1.165, 1.54) is 16.7 Å². The van der Waals surface area contributed by atoms with Gasteiger partial charge in [-0.3, -0.25) is 14.5 Å². The van der Waals surface area contributed by atoms with E-state index >= 15 is 0 Å². The highest BCUT2D eigenvalue weighted by Crippen LogP contribution is 2.30. The number of aromatic nitrogens is 2. The predicted molar refractivity (Wildman–Crippen MR) is 115 cm³/mol. The molecule has 0 N–H and O–H groups in total. The second kappa shape index (κ2) is 9.22. The number of hydrogen-bond donors (Lipinski definition) is 0. The van der Waals surface area contributed by atoms with Crippen molar-refractivity contribution in [2.45, 2.75) is 18.1 Å². The van der Waals surface area contributed by atoms with Gasteiger partial charge >= 0.3 is 0 Å². The van der Waals surface area contributed by atoms with E-state index in [1.807, 2.05) is 0 Å². The Balaban J connectivity index is 1.28. The first-order chi connectivity index (χ1) is 15.1. The van der Waals surface area contributed by atoms with Gasteiger partial charge in [0.1, 0.15) is 11.5 Å². The van der Waals surface area contributed by atoms with Crippen LogP contribution < -0.4 is 9.47 Å². The van der Waals surface area contributed by atoms with Gasteiger partial charge in [0.15, 0.2) is 0 Å². The molecule has 0 fully saturated rings. The Bertz CT molecular complexity index is 1060. The molecule has 0 saturated heterocycles. The van der Waals surface area contributed by atoms with Crippen LogP contribution in [-0.2, 0) is 0 Å². The second-order valence-electron chi connectivity index (χ2n) is 6.84. The molecule has 2 aromatic carbocycles. The fraction of sp³-hybridized carbons (Fsp3) is 0.273. The van der Waals surface area contributed by atoms with Crippen LogP contribution in [-0.4, -0.2) is 53.4 Å². The Morgan fingerprint density at radius 2 is 1.58 bits per heavy atom. The molecule has 4 rings (SSSR count). The Morgan fingerprint density at radius 1 is 0.935 bits per heavy atom. The van der Waals surface area contributed by atoms with E-state index in [9.17, 15) is 9.59 Å². The molecular weight excluding hydrogens is 418 g/mol. The molecule has 1 aromatic heterocycles. The maximum atomic E-state index is 12.4. The SMILES string of the molecule is COc1cc(OC)cc(-c2nnc(SCCCCN3C(=O)c4ccccc4C3=O)o2)c1. The van der Waals surface area contributed by atoms with Gasteiger partial charge in [-0.1, -0.05) is 23.9 Å². The Hall–Kier alpha value is -3.33. The van der Waals surface area contributed by atoms with Crippen molar-refractivity contribution >= 4 is 23.6 Å². The molecule has 1 aliphatic rings. The summed E-state index contributed by atoms with van der Waals surface area (Å²) in [5.74, 6) is 1.94. The van der Waals surface area contributed by atoms with Crippen LogP contribution in [0.15, 0.2) is 52.1 Å². The molecule has 31 heavy (non-hydrogen) atoms. The lowest BCUT2D eigenvalue weighted by atomic mass is 10.1. The number of nitrogens with zero attached hydrogens (tertiary/aromatic N) is 3. The Labute approximate surface area is 183 Å². The van der Waals surface area contributed by atoms with Crippen molar-refractivity contribution in [1.82, 2.24) is 15.1 Å². The van der Waals surface area contributed by atoms with Crippen molar-refractivity contribution in [3.8, 4) is 23.0 Å². The summed E-state index contributed by atoms with van der Waals surface area (Å²) in [6, 6.07) is 12.3. The van der Waals surface area contributed by atoms with Gasteiger partial charge in [0.25, 0.3) is 17.0 Å². The molecular formula is C22H21N3O5S. The molecule has 0 spiro atoms. The third-order valence-corrected chi connectivity index (χ3v) is 5.79. The number of imide groups is 1. The highest BCUT2D eigenvalue weighted by Gasteiger charge is 2.34. The lowest BCUT2D eigenvalue weighted by Gasteiger charge is -2.13. The summed E-state index contributed by atoms with van der Waals surface area (Å²) < 4.78 is 16.3. The number of carbonyl (C=O) groups is 2. The van der Waals surface area contributed by atoms with E-state index in [2.05, 4.69) is 10.2 Å². The monoisotopic (exact) mass is 439 g/mol. The van der Waals surface area contributed by atoms with Gasteiger partial charge in [-0.25, -0.2) is 0 Å². The lowest BCUT2D eigenvalue weighted by molar-refractivity contribution is 0.0652. The third kappa shape index (κ3) is 4.41. The maximum absolute atomic E-state index is 12.4. The van der Waals surface area contributed by atoms with E-state index in [1.54, 1.807) is 56.7 Å². The lowest BCUT2D eigenvalue weighted by Crippen LogP contribution is -2.30. The van der Waals surface area contributed by atoms with E-state index in [-0.39, 0.29) is 11.8 Å². The highest BCUT2D eigenvalue weighted by atomic mass is 32.2. The number of ether oxygens (including phenoxy) is 2. The second-order valence-corrected chi connectivity index (χ2v) is 7.88. The number of carbonyl (C=O) groups excluding carboxylic acids is 2. The van der Waals surface area contributed by atoms with Crippen LogP contribution in [0, 0.1) is 0 Å². The minimum atomic E-state index is -0.219. The molecule has 9 heteroatoms. The number of thioether (sulfide) groups is 1. The van der Waals surface area contributed by atoms with Crippen LogP contribution in [0.1, 0.15) is 33.6 Å². The van der Waals surface area contributed by atoms with Crippen molar-refractivity contribution in [3.05, 3.63) is 53.6 Å². The van der Waals surface area contributed by atoms with Crippen LogP contribution in [0.4, 0.5) is 0 Å². The first-order valence-electron chi connectivity index (χ1n) is 9.75. The summed E-state index contributed by atoms with van der Waals surface area (Å²) in [7, 11) is 3.16. The molecule has 0 saturated carbocycles. The van der Waals surface area contributed by atoms with E-state index < -0.39 is 0 Å². The maximum Gasteiger partial charge on any atom is 0.276 e. The smallest absolute Gasteiger partial charge is 0.276 e. The number of benzene rings is 2. The molecule has 8 nitrogen and oxygen atoms in total. The van der Waals surface area contributed by atoms with Crippen LogP contribution in [0.5, 0.6) is 11.5 Å². The van der Waals surface area contributed by atoms with E-state index in [0.717, 1.165) is 12.2 Å². The first-order valence-corrected chi connectivity index (χ1v) is 10.7. The molecule has 0 bridgehead atoms. The average molecular weight is 439 g/mol. The summed E-state index contributed by atoms with van der Waals surface area (Å²) in [6.07, 6.45) is 1.50. The van der Waals surface area contributed by atoms with Crippen molar-refractivity contribution in [2.24, 2.45) is 0 Å². The first kappa shape index (κ1) is 20.9. The number of amides is 2. The van der Waals surface area contributed by atoms with Crippen molar-refractivity contribution in [3.63, 3.8) is 0 Å². The molecule has 160 valence electrons. The van der Waals surface area contributed by atoms with Crippen molar-refractivity contribution in [2.75, 3.05) is 26.5 Å². The highest BCUT2D eigenvalue weighted by molar-refractivity contribution is 7.99. The van der Waals surface area contributed by atoms with E-state index in [4.69, 9.17) is 13.9 Å². The molecule has 0 unspecified atom stereocenters. The van der Waals surface area contributed by atoms with Crippen LogP contribution in [0.3, 0.4) is 0 Å². The number of unbranched alkanes of at least 4 members (excludes halogenated alkanes) is 1. The van der Waals surface area contributed by atoms with Gasteiger partial charge < -0.3 is 13.9 Å². The van der Waals surface area contributed by atoms with Crippen LogP contribution in [0.25, 0.3) is 11.5 Å². The van der Waals surface area contributed by atoms with Gasteiger partial charge in [0.2, 0.25) is 5.89 Å². The summed E-state index contributed by atoms with van der Waals surface area (Å²) >= 11 is 1.44. The minimum absolute atomic E-state index is 0.219. The van der Waals surface area contributed by atoms with E-state index in [0.29, 0.717) is 52.3 Å². The molecule has 3 aromatic rings. The quantitative estimate of drug-likeness (QED) is 0.281.